The van der Waals surface area contributed by atoms with Crippen molar-refractivity contribution in [2.75, 3.05) is 17.6 Å². The van der Waals surface area contributed by atoms with E-state index in [1.807, 2.05) is 25.1 Å². The van der Waals surface area contributed by atoms with Gasteiger partial charge in [0.15, 0.2) is 0 Å². The Morgan fingerprint density at radius 2 is 1.92 bits per heavy atom. The van der Waals surface area contributed by atoms with Gasteiger partial charge in [-0.15, -0.1) is 11.8 Å². The van der Waals surface area contributed by atoms with Crippen LogP contribution < -0.4 is 5.32 Å². The van der Waals surface area contributed by atoms with Crippen LogP contribution in [-0.2, 0) is 27.8 Å². The molecule has 0 saturated carbocycles. The van der Waals surface area contributed by atoms with Gasteiger partial charge in [0.1, 0.15) is 0 Å². The second-order valence-electron chi connectivity index (χ2n) is 6.72. The number of anilines is 1. The molecule has 1 amide bonds. The van der Waals surface area contributed by atoms with Gasteiger partial charge in [-0.3, -0.25) is 4.79 Å². The summed E-state index contributed by atoms with van der Waals surface area (Å²) in [4.78, 5) is 13.2. The minimum absolute atomic E-state index is 0.0716. The number of thioether (sulfide) groups is 1. The number of benzene rings is 2. The molecule has 7 heteroatoms. The van der Waals surface area contributed by atoms with Crippen LogP contribution in [0.4, 0.5) is 5.69 Å². The van der Waals surface area contributed by atoms with Gasteiger partial charge in [-0.25, -0.2) is 8.42 Å². The predicted molar refractivity (Wildman–Crippen MR) is 103 cm³/mol. The number of hydrogen-bond donors (Lipinski definition) is 1. The van der Waals surface area contributed by atoms with Crippen LogP contribution in [0.5, 0.6) is 0 Å². The highest BCUT2D eigenvalue weighted by molar-refractivity contribution is 7.99. The van der Waals surface area contributed by atoms with Crippen molar-refractivity contribution >= 4 is 33.4 Å². The van der Waals surface area contributed by atoms with E-state index in [0.717, 1.165) is 10.5 Å². The summed E-state index contributed by atoms with van der Waals surface area (Å²) in [7, 11) is -3.61. The van der Waals surface area contributed by atoms with E-state index in [4.69, 9.17) is 0 Å². The largest absolute Gasteiger partial charge is 0.325 e. The number of nitrogens with one attached hydrogen (secondary N) is 1. The molecule has 5 nitrogen and oxygen atoms in total. The first kappa shape index (κ1) is 17.6. The molecule has 0 aliphatic carbocycles. The summed E-state index contributed by atoms with van der Waals surface area (Å²) in [5.41, 5.74) is 2.84. The van der Waals surface area contributed by atoms with Crippen LogP contribution in [0.3, 0.4) is 0 Å². The van der Waals surface area contributed by atoms with Crippen LogP contribution in [0.15, 0.2) is 52.3 Å². The van der Waals surface area contributed by atoms with Crippen LogP contribution in [-0.4, -0.2) is 30.9 Å². The Labute approximate surface area is 157 Å². The van der Waals surface area contributed by atoms with Gasteiger partial charge in [0, 0.05) is 29.7 Å². The fourth-order valence-electron chi connectivity index (χ4n) is 3.26. The van der Waals surface area contributed by atoms with Crippen molar-refractivity contribution in [2.24, 2.45) is 5.92 Å². The summed E-state index contributed by atoms with van der Waals surface area (Å²) in [6.45, 7) is 2.72. The van der Waals surface area contributed by atoms with E-state index in [1.165, 1.54) is 9.87 Å². The second-order valence-corrected chi connectivity index (χ2v) is 9.72. The molecule has 2 aromatic carbocycles. The van der Waals surface area contributed by atoms with Crippen molar-refractivity contribution in [3.05, 3.63) is 53.6 Å². The molecule has 1 N–H and O–H groups in total. The number of nitrogens with zero attached hydrogens (tertiary/aromatic N) is 1. The molecule has 2 heterocycles. The molecule has 2 aliphatic rings. The average molecular weight is 389 g/mol. The quantitative estimate of drug-likeness (QED) is 0.858. The van der Waals surface area contributed by atoms with Crippen molar-refractivity contribution < 1.29 is 13.2 Å². The molecule has 0 aromatic heterocycles. The third-order valence-electron chi connectivity index (χ3n) is 4.88. The zero-order valence-corrected chi connectivity index (χ0v) is 16.1. The number of fused-ring (bicyclic) bond motifs is 2. The van der Waals surface area contributed by atoms with Crippen LogP contribution >= 0.6 is 11.8 Å². The zero-order chi connectivity index (χ0) is 18.3. The fourth-order valence-corrected chi connectivity index (χ4v) is 5.72. The van der Waals surface area contributed by atoms with Gasteiger partial charge >= 0.3 is 0 Å². The van der Waals surface area contributed by atoms with E-state index in [-0.39, 0.29) is 16.7 Å². The Hall–Kier alpha value is -1.83. The SMILES string of the molecule is C[C@H]1CSc2ccc(S(=O)(=O)N3CCc4ccccc4C3)cc2NC1=O. The van der Waals surface area contributed by atoms with Gasteiger partial charge in [-0.2, -0.15) is 4.31 Å². The van der Waals surface area contributed by atoms with E-state index < -0.39 is 10.0 Å². The zero-order valence-electron chi connectivity index (χ0n) is 14.4. The lowest BCUT2D eigenvalue weighted by atomic mass is 10.0. The number of sulfonamides is 1. The molecule has 136 valence electrons. The van der Waals surface area contributed by atoms with Gasteiger partial charge in [-0.05, 0) is 35.7 Å². The lowest BCUT2D eigenvalue weighted by Gasteiger charge is -2.28. The highest BCUT2D eigenvalue weighted by Gasteiger charge is 2.29. The van der Waals surface area contributed by atoms with E-state index >= 15 is 0 Å². The Morgan fingerprint density at radius 3 is 2.73 bits per heavy atom. The van der Waals surface area contributed by atoms with Crippen LogP contribution in [0.25, 0.3) is 0 Å². The smallest absolute Gasteiger partial charge is 0.243 e. The van der Waals surface area contributed by atoms with Crippen molar-refractivity contribution in [3.63, 3.8) is 0 Å². The van der Waals surface area contributed by atoms with E-state index in [9.17, 15) is 13.2 Å². The summed E-state index contributed by atoms with van der Waals surface area (Å²) in [6.07, 6.45) is 0.713. The van der Waals surface area contributed by atoms with Crippen molar-refractivity contribution in [3.8, 4) is 0 Å². The fraction of sp³-hybridized carbons (Fsp3) is 0.316. The maximum Gasteiger partial charge on any atom is 0.243 e. The number of amides is 1. The summed E-state index contributed by atoms with van der Waals surface area (Å²) in [6, 6.07) is 13.0. The molecule has 2 aliphatic heterocycles. The first-order chi connectivity index (χ1) is 12.4. The monoisotopic (exact) mass is 388 g/mol. The maximum atomic E-state index is 13.1. The summed E-state index contributed by atoms with van der Waals surface area (Å²) < 4.78 is 27.8. The molecule has 0 radical (unpaired) electrons. The molecule has 2 aromatic rings. The number of rotatable bonds is 2. The van der Waals surface area contributed by atoms with Gasteiger partial charge in [-0.1, -0.05) is 31.2 Å². The van der Waals surface area contributed by atoms with Crippen LogP contribution in [0.1, 0.15) is 18.1 Å². The first-order valence-corrected chi connectivity index (χ1v) is 11.0. The lowest BCUT2D eigenvalue weighted by Crippen LogP contribution is -2.36. The topological polar surface area (TPSA) is 66.5 Å². The highest BCUT2D eigenvalue weighted by Crippen LogP contribution is 2.35. The Bertz CT molecular complexity index is 972. The molecule has 0 fully saturated rings. The van der Waals surface area contributed by atoms with Gasteiger partial charge < -0.3 is 5.32 Å². The highest BCUT2D eigenvalue weighted by atomic mass is 32.2. The van der Waals surface area contributed by atoms with Crippen molar-refractivity contribution in [1.82, 2.24) is 4.31 Å². The number of carbonyl (C=O) groups is 1. The molecule has 4 rings (SSSR count). The molecule has 26 heavy (non-hydrogen) atoms. The minimum atomic E-state index is -3.61. The van der Waals surface area contributed by atoms with E-state index in [1.54, 1.807) is 30.0 Å². The Kier molecular flexibility index (Phi) is 4.54. The second kappa shape index (κ2) is 6.72. The number of carbonyl (C=O) groups excluding carboxylic acids is 1. The molecule has 0 spiro atoms. The van der Waals surface area contributed by atoms with Gasteiger partial charge in [0.05, 0.1) is 10.6 Å². The molecule has 0 saturated heterocycles. The van der Waals surface area contributed by atoms with Crippen molar-refractivity contribution in [2.45, 2.75) is 29.7 Å². The Morgan fingerprint density at radius 1 is 1.15 bits per heavy atom. The van der Waals surface area contributed by atoms with Crippen LogP contribution in [0, 0.1) is 5.92 Å². The molecule has 1 atom stereocenters. The average Bonchev–Trinajstić information content (AvgIpc) is 2.79. The molecule has 0 unspecified atom stereocenters. The summed E-state index contributed by atoms with van der Waals surface area (Å²) in [5.74, 6) is 0.511. The minimum Gasteiger partial charge on any atom is -0.325 e. The molecular weight excluding hydrogens is 368 g/mol. The standard InChI is InChI=1S/C19H20N2O3S2/c1-13-12-25-18-7-6-16(10-17(18)20-19(13)22)26(23,24)21-9-8-14-4-2-3-5-15(14)11-21/h2-7,10,13H,8-9,11-12H2,1H3,(H,20,22)/t13-/m0/s1. The molecular formula is C19H20N2O3S2. The maximum absolute atomic E-state index is 13.1. The van der Waals surface area contributed by atoms with Gasteiger partial charge in [0.2, 0.25) is 15.9 Å². The van der Waals surface area contributed by atoms with Gasteiger partial charge in [0.25, 0.3) is 0 Å². The molecule has 0 bridgehead atoms. The third-order valence-corrected chi connectivity index (χ3v) is 8.05. The van der Waals surface area contributed by atoms with E-state index in [0.29, 0.717) is 31.0 Å². The van der Waals surface area contributed by atoms with E-state index in [2.05, 4.69) is 11.4 Å². The summed E-state index contributed by atoms with van der Waals surface area (Å²) in [5, 5.41) is 2.86. The normalized spacial score (nSPS) is 20.7. The third kappa shape index (κ3) is 3.15. The Balaban J connectivity index is 1.65. The van der Waals surface area contributed by atoms with Crippen molar-refractivity contribution in [1.29, 1.82) is 0 Å². The lowest BCUT2D eigenvalue weighted by molar-refractivity contribution is -0.118. The van der Waals surface area contributed by atoms with Crippen LogP contribution in [0.2, 0.25) is 0 Å². The predicted octanol–water partition coefficient (Wildman–Crippen LogP) is 3.11. The summed E-state index contributed by atoms with van der Waals surface area (Å²) >= 11 is 1.58. The number of hydrogen-bond acceptors (Lipinski definition) is 4. The first-order valence-electron chi connectivity index (χ1n) is 8.60.